The first kappa shape index (κ1) is 13.2. The molecule has 1 saturated heterocycles. The molecule has 0 bridgehead atoms. The molecular weight excluding hydrogens is 266 g/mol. The summed E-state index contributed by atoms with van der Waals surface area (Å²) in [7, 11) is 0. The second-order valence-corrected chi connectivity index (χ2v) is 8.21. The summed E-state index contributed by atoms with van der Waals surface area (Å²) in [5.41, 5.74) is 1.52. The fourth-order valence-corrected chi connectivity index (χ4v) is 4.62. The molecular formula is C16H25N3S. The molecule has 1 aliphatic heterocycles. The highest BCUT2D eigenvalue weighted by molar-refractivity contribution is 7.09. The van der Waals surface area contributed by atoms with Crippen LogP contribution in [0.3, 0.4) is 0 Å². The van der Waals surface area contributed by atoms with E-state index in [1.807, 2.05) is 11.3 Å². The summed E-state index contributed by atoms with van der Waals surface area (Å²) in [5.74, 6) is 1.84. The number of rotatable bonds is 4. The maximum absolute atomic E-state index is 4.68. The van der Waals surface area contributed by atoms with Crippen molar-refractivity contribution in [3.05, 3.63) is 16.1 Å². The smallest absolute Gasteiger partial charge is 0.107 e. The van der Waals surface area contributed by atoms with Gasteiger partial charge in [-0.05, 0) is 51.4 Å². The van der Waals surface area contributed by atoms with Gasteiger partial charge >= 0.3 is 0 Å². The van der Waals surface area contributed by atoms with Gasteiger partial charge in [-0.2, -0.15) is 0 Å². The maximum Gasteiger partial charge on any atom is 0.107 e. The van der Waals surface area contributed by atoms with Crippen LogP contribution in [0.15, 0.2) is 5.38 Å². The molecule has 2 unspecified atom stereocenters. The van der Waals surface area contributed by atoms with Crippen LogP contribution >= 0.6 is 11.3 Å². The van der Waals surface area contributed by atoms with E-state index in [4.69, 9.17) is 0 Å². The summed E-state index contributed by atoms with van der Waals surface area (Å²) >= 11 is 1.83. The van der Waals surface area contributed by atoms with Crippen molar-refractivity contribution in [2.45, 2.75) is 57.7 Å². The van der Waals surface area contributed by atoms with Crippen LogP contribution in [0.4, 0.5) is 0 Å². The minimum atomic E-state index is 0.345. The lowest BCUT2D eigenvalue weighted by molar-refractivity contribution is 0.0577. The molecule has 1 N–H and O–H groups in total. The van der Waals surface area contributed by atoms with Gasteiger partial charge in [-0.25, -0.2) is 4.98 Å². The van der Waals surface area contributed by atoms with E-state index in [0.29, 0.717) is 5.54 Å². The minimum absolute atomic E-state index is 0.345. The van der Waals surface area contributed by atoms with Gasteiger partial charge in [-0.1, -0.05) is 0 Å². The van der Waals surface area contributed by atoms with Crippen LogP contribution in [0.25, 0.3) is 0 Å². The van der Waals surface area contributed by atoms with Gasteiger partial charge in [0, 0.05) is 35.7 Å². The molecule has 20 heavy (non-hydrogen) atoms. The fraction of sp³-hybridized carbons (Fsp3) is 0.812. The zero-order chi connectivity index (χ0) is 13.7. The van der Waals surface area contributed by atoms with E-state index < -0.39 is 0 Å². The van der Waals surface area contributed by atoms with Gasteiger partial charge in [0.2, 0.25) is 0 Å². The topological polar surface area (TPSA) is 28.2 Å². The predicted octanol–water partition coefficient (Wildman–Crippen LogP) is 2.80. The summed E-state index contributed by atoms with van der Waals surface area (Å²) in [6, 6.07) is 0.742. The van der Waals surface area contributed by atoms with Crippen molar-refractivity contribution in [1.29, 1.82) is 0 Å². The van der Waals surface area contributed by atoms with Crippen LogP contribution in [0.5, 0.6) is 0 Å². The molecule has 3 fully saturated rings. The second-order valence-electron chi connectivity index (χ2n) is 7.27. The molecule has 3 aliphatic rings. The number of nitrogens with zero attached hydrogens (tertiary/aromatic N) is 2. The van der Waals surface area contributed by atoms with E-state index in [2.05, 4.69) is 34.4 Å². The van der Waals surface area contributed by atoms with Gasteiger partial charge in [-0.15, -0.1) is 11.3 Å². The van der Waals surface area contributed by atoms with Crippen LogP contribution in [0.2, 0.25) is 0 Å². The molecule has 0 spiro atoms. The first-order valence-electron chi connectivity index (χ1n) is 8.04. The Kier molecular flexibility index (Phi) is 3.17. The highest BCUT2D eigenvalue weighted by Crippen LogP contribution is 2.44. The van der Waals surface area contributed by atoms with Crippen LogP contribution in [0.1, 0.15) is 43.3 Å². The lowest BCUT2D eigenvalue weighted by Crippen LogP contribution is -2.64. The highest BCUT2D eigenvalue weighted by Gasteiger charge is 2.48. The third kappa shape index (κ3) is 2.53. The Morgan fingerprint density at radius 1 is 1.40 bits per heavy atom. The summed E-state index contributed by atoms with van der Waals surface area (Å²) in [6.45, 7) is 7.99. The van der Waals surface area contributed by atoms with Gasteiger partial charge in [0.05, 0.1) is 6.54 Å². The number of aromatic nitrogens is 1. The lowest BCUT2D eigenvalue weighted by Gasteiger charge is -2.46. The van der Waals surface area contributed by atoms with Crippen LogP contribution in [0, 0.1) is 18.8 Å². The monoisotopic (exact) mass is 291 g/mol. The number of nitrogens with one attached hydrogen (secondary N) is 1. The number of hydrogen-bond donors (Lipinski definition) is 1. The molecule has 110 valence electrons. The van der Waals surface area contributed by atoms with E-state index in [9.17, 15) is 0 Å². The van der Waals surface area contributed by atoms with E-state index in [1.54, 1.807) is 0 Å². The minimum Gasteiger partial charge on any atom is -0.308 e. The van der Waals surface area contributed by atoms with Crippen molar-refractivity contribution < 1.29 is 0 Å². The molecule has 1 aromatic heterocycles. The summed E-state index contributed by atoms with van der Waals surface area (Å²) in [4.78, 5) is 7.42. The highest BCUT2D eigenvalue weighted by atomic mass is 32.1. The van der Waals surface area contributed by atoms with Gasteiger partial charge in [-0.3, -0.25) is 4.90 Å². The Labute approximate surface area is 125 Å². The van der Waals surface area contributed by atoms with Gasteiger partial charge in [0.15, 0.2) is 0 Å². The number of hydrogen-bond acceptors (Lipinski definition) is 4. The molecule has 2 aliphatic carbocycles. The first-order chi connectivity index (χ1) is 9.64. The zero-order valence-corrected chi connectivity index (χ0v) is 13.4. The van der Waals surface area contributed by atoms with Crippen LogP contribution < -0.4 is 5.32 Å². The molecule has 0 radical (unpaired) electrons. The Hall–Kier alpha value is -0.450. The van der Waals surface area contributed by atoms with Crippen LogP contribution in [-0.2, 0) is 6.54 Å². The Balaban J connectivity index is 1.51. The Morgan fingerprint density at radius 2 is 2.20 bits per heavy atom. The Morgan fingerprint density at radius 3 is 2.80 bits per heavy atom. The predicted molar refractivity (Wildman–Crippen MR) is 82.9 cm³/mol. The largest absolute Gasteiger partial charge is 0.308 e. The standard InChI is InChI=1S/C16H25N3S/c1-11-9-20-15(18-11)8-19-10-16(2,13-5-6-13)17-7-14(19)12-3-4-12/h9,12-14,17H,3-8,10H2,1-2H3. The molecule has 2 heterocycles. The van der Waals surface area contributed by atoms with E-state index >= 15 is 0 Å². The van der Waals surface area contributed by atoms with Gasteiger partial charge in [0.25, 0.3) is 0 Å². The summed E-state index contributed by atoms with van der Waals surface area (Å²) < 4.78 is 0. The second kappa shape index (κ2) is 4.79. The summed E-state index contributed by atoms with van der Waals surface area (Å²) in [6.07, 6.45) is 5.70. The van der Waals surface area contributed by atoms with E-state index in [1.165, 1.54) is 49.5 Å². The van der Waals surface area contributed by atoms with Crippen molar-refractivity contribution >= 4 is 11.3 Å². The van der Waals surface area contributed by atoms with Crippen molar-refractivity contribution in [3.63, 3.8) is 0 Å². The van der Waals surface area contributed by atoms with Gasteiger partial charge < -0.3 is 5.32 Å². The van der Waals surface area contributed by atoms with Crippen molar-refractivity contribution in [2.75, 3.05) is 13.1 Å². The fourth-order valence-electron chi connectivity index (χ4n) is 3.82. The van der Waals surface area contributed by atoms with Crippen molar-refractivity contribution in [2.24, 2.45) is 11.8 Å². The maximum atomic E-state index is 4.68. The molecule has 0 aromatic carbocycles. The number of piperazine rings is 1. The van der Waals surface area contributed by atoms with Crippen molar-refractivity contribution in [1.82, 2.24) is 15.2 Å². The quantitative estimate of drug-likeness (QED) is 0.924. The average Bonchev–Trinajstić information content (AvgIpc) is 3.29. The normalized spacial score (nSPS) is 35.4. The molecule has 0 amide bonds. The van der Waals surface area contributed by atoms with E-state index in [-0.39, 0.29) is 0 Å². The number of aryl methyl sites for hydroxylation is 1. The SMILES string of the molecule is Cc1csc(CN2CC(C)(C3CC3)NCC2C2CC2)n1. The molecule has 2 atom stereocenters. The van der Waals surface area contributed by atoms with Crippen molar-refractivity contribution in [3.8, 4) is 0 Å². The first-order valence-corrected chi connectivity index (χ1v) is 8.92. The lowest BCUT2D eigenvalue weighted by atomic mass is 9.90. The third-order valence-electron chi connectivity index (χ3n) is 5.37. The molecule has 3 nitrogen and oxygen atoms in total. The van der Waals surface area contributed by atoms with E-state index in [0.717, 1.165) is 24.4 Å². The molecule has 1 aromatic rings. The summed E-state index contributed by atoms with van der Waals surface area (Å²) in [5, 5.41) is 7.37. The average molecular weight is 291 g/mol. The molecule has 4 rings (SSSR count). The Bertz CT molecular complexity index is 492. The number of thiazole rings is 1. The van der Waals surface area contributed by atoms with Gasteiger partial charge in [0.1, 0.15) is 5.01 Å². The zero-order valence-electron chi connectivity index (χ0n) is 12.6. The molecule has 4 heteroatoms. The van der Waals surface area contributed by atoms with Crippen LogP contribution in [-0.4, -0.2) is 34.6 Å². The molecule has 2 saturated carbocycles. The third-order valence-corrected chi connectivity index (χ3v) is 6.32.